The second-order valence-electron chi connectivity index (χ2n) is 4.95. The van der Waals surface area contributed by atoms with Crippen LogP contribution >= 0.6 is 0 Å². The first-order valence-corrected chi connectivity index (χ1v) is 4.96. The molecule has 1 saturated carbocycles. The highest BCUT2D eigenvalue weighted by atomic mass is 16.3. The van der Waals surface area contributed by atoms with E-state index >= 15 is 0 Å². The quantitative estimate of drug-likeness (QED) is 0.548. The van der Waals surface area contributed by atoms with Gasteiger partial charge in [0.15, 0.2) is 0 Å². The standard InChI is InChI=1S/C11H18O/c1-11(2)7-10(12)8-5-3-4-6-9(8)11/h3,5,8-10,12H,4,6-7H2,1-2H3/t8-,9-,10-/m1/s1. The Morgan fingerprint density at radius 3 is 2.83 bits per heavy atom. The predicted octanol–water partition coefficient (Wildman–Crippen LogP) is 2.36. The lowest BCUT2D eigenvalue weighted by atomic mass is 9.74. The highest BCUT2D eigenvalue weighted by Crippen LogP contribution is 2.50. The van der Waals surface area contributed by atoms with E-state index in [4.69, 9.17) is 0 Å². The van der Waals surface area contributed by atoms with Gasteiger partial charge < -0.3 is 5.11 Å². The van der Waals surface area contributed by atoms with Crippen LogP contribution in [-0.2, 0) is 0 Å². The van der Waals surface area contributed by atoms with Crippen LogP contribution < -0.4 is 0 Å². The molecule has 2 aliphatic rings. The molecule has 1 N–H and O–H groups in total. The Labute approximate surface area is 74.5 Å². The summed E-state index contributed by atoms with van der Waals surface area (Å²) < 4.78 is 0. The van der Waals surface area contributed by atoms with Crippen LogP contribution in [0.5, 0.6) is 0 Å². The van der Waals surface area contributed by atoms with Crippen molar-refractivity contribution in [1.82, 2.24) is 0 Å². The zero-order chi connectivity index (χ0) is 8.77. The molecule has 3 atom stereocenters. The Kier molecular flexibility index (Phi) is 1.80. The molecule has 68 valence electrons. The molecule has 0 aromatic rings. The zero-order valence-electron chi connectivity index (χ0n) is 7.96. The lowest BCUT2D eigenvalue weighted by molar-refractivity contribution is 0.138. The average Bonchev–Trinajstić information content (AvgIpc) is 2.25. The van der Waals surface area contributed by atoms with Gasteiger partial charge in [0.2, 0.25) is 0 Å². The monoisotopic (exact) mass is 166 g/mol. The van der Waals surface area contributed by atoms with Gasteiger partial charge in [-0.05, 0) is 30.6 Å². The molecule has 0 spiro atoms. The predicted molar refractivity (Wildman–Crippen MR) is 49.8 cm³/mol. The average molecular weight is 166 g/mol. The SMILES string of the molecule is CC1(C)C[C@@H](O)[C@@H]2C=CCC[C@H]21. The van der Waals surface area contributed by atoms with Gasteiger partial charge in [0.25, 0.3) is 0 Å². The minimum absolute atomic E-state index is 0.0819. The molecular weight excluding hydrogens is 148 g/mol. The van der Waals surface area contributed by atoms with Crippen molar-refractivity contribution in [2.24, 2.45) is 17.3 Å². The van der Waals surface area contributed by atoms with Gasteiger partial charge in [-0.25, -0.2) is 0 Å². The second kappa shape index (κ2) is 2.59. The Morgan fingerprint density at radius 2 is 2.17 bits per heavy atom. The van der Waals surface area contributed by atoms with Crippen molar-refractivity contribution >= 4 is 0 Å². The molecule has 0 amide bonds. The minimum Gasteiger partial charge on any atom is -0.392 e. The van der Waals surface area contributed by atoms with Gasteiger partial charge in [-0.3, -0.25) is 0 Å². The number of hydrogen-bond acceptors (Lipinski definition) is 1. The van der Waals surface area contributed by atoms with E-state index in [-0.39, 0.29) is 6.10 Å². The van der Waals surface area contributed by atoms with Crippen molar-refractivity contribution in [3.8, 4) is 0 Å². The van der Waals surface area contributed by atoms with Crippen LogP contribution in [0.4, 0.5) is 0 Å². The van der Waals surface area contributed by atoms with Crippen LogP contribution in [0, 0.1) is 17.3 Å². The fourth-order valence-corrected chi connectivity index (χ4v) is 2.99. The highest BCUT2D eigenvalue weighted by molar-refractivity contribution is 5.08. The third-order valence-electron chi connectivity index (χ3n) is 3.65. The summed E-state index contributed by atoms with van der Waals surface area (Å²) in [6.07, 6.45) is 7.83. The number of hydrogen-bond donors (Lipinski definition) is 1. The van der Waals surface area contributed by atoms with E-state index in [1.54, 1.807) is 0 Å². The van der Waals surface area contributed by atoms with Crippen LogP contribution in [0.1, 0.15) is 33.1 Å². The summed E-state index contributed by atoms with van der Waals surface area (Å²) >= 11 is 0. The first-order valence-electron chi connectivity index (χ1n) is 4.96. The summed E-state index contributed by atoms with van der Waals surface area (Å²) in [6.45, 7) is 4.58. The van der Waals surface area contributed by atoms with Gasteiger partial charge in [0.05, 0.1) is 6.10 Å². The lowest BCUT2D eigenvalue weighted by Gasteiger charge is -2.31. The van der Waals surface area contributed by atoms with Gasteiger partial charge in [0.1, 0.15) is 0 Å². The first-order chi connectivity index (χ1) is 5.61. The van der Waals surface area contributed by atoms with E-state index in [1.165, 1.54) is 12.8 Å². The van der Waals surface area contributed by atoms with Crippen molar-refractivity contribution in [3.63, 3.8) is 0 Å². The molecule has 0 radical (unpaired) electrons. The fraction of sp³-hybridized carbons (Fsp3) is 0.818. The third kappa shape index (κ3) is 1.11. The van der Waals surface area contributed by atoms with E-state index in [0.29, 0.717) is 11.3 Å². The van der Waals surface area contributed by atoms with E-state index in [0.717, 1.165) is 12.3 Å². The molecule has 0 unspecified atom stereocenters. The highest BCUT2D eigenvalue weighted by Gasteiger charge is 2.46. The zero-order valence-corrected chi connectivity index (χ0v) is 7.96. The van der Waals surface area contributed by atoms with Crippen LogP contribution in [0.25, 0.3) is 0 Å². The van der Waals surface area contributed by atoms with Crippen LogP contribution in [0.15, 0.2) is 12.2 Å². The summed E-state index contributed by atoms with van der Waals surface area (Å²) in [5.41, 5.74) is 0.356. The molecule has 0 bridgehead atoms. The summed E-state index contributed by atoms with van der Waals surface area (Å²) in [5, 5.41) is 9.81. The largest absolute Gasteiger partial charge is 0.392 e. The second-order valence-corrected chi connectivity index (χ2v) is 4.95. The molecule has 1 heteroatoms. The first kappa shape index (κ1) is 8.31. The molecule has 0 aliphatic heterocycles. The van der Waals surface area contributed by atoms with Crippen LogP contribution in [0.2, 0.25) is 0 Å². The maximum atomic E-state index is 9.81. The van der Waals surface area contributed by atoms with E-state index in [2.05, 4.69) is 26.0 Å². The number of fused-ring (bicyclic) bond motifs is 1. The number of rotatable bonds is 0. The van der Waals surface area contributed by atoms with Gasteiger partial charge in [-0.1, -0.05) is 26.0 Å². The van der Waals surface area contributed by atoms with E-state index in [9.17, 15) is 5.11 Å². The van der Waals surface area contributed by atoms with Gasteiger partial charge >= 0.3 is 0 Å². The molecular formula is C11H18O. The third-order valence-corrected chi connectivity index (χ3v) is 3.65. The molecule has 12 heavy (non-hydrogen) atoms. The summed E-state index contributed by atoms with van der Waals surface area (Å²) in [4.78, 5) is 0. The maximum Gasteiger partial charge on any atom is 0.0610 e. The van der Waals surface area contributed by atoms with Crippen LogP contribution in [-0.4, -0.2) is 11.2 Å². The van der Waals surface area contributed by atoms with Crippen molar-refractivity contribution in [1.29, 1.82) is 0 Å². The normalized spacial score (nSPS) is 44.4. The summed E-state index contributed by atoms with van der Waals surface area (Å²) in [5.74, 6) is 1.17. The molecule has 0 saturated heterocycles. The Bertz CT molecular complexity index is 205. The van der Waals surface area contributed by atoms with Crippen LogP contribution in [0.3, 0.4) is 0 Å². The molecule has 1 nitrogen and oxygen atoms in total. The van der Waals surface area contributed by atoms with Gasteiger partial charge in [-0.2, -0.15) is 0 Å². The number of aliphatic hydroxyl groups is 1. The van der Waals surface area contributed by atoms with Crippen molar-refractivity contribution in [3.05, 3.63) is 12.2 Å². The molecule has 0 heterocycles. The summed E-state index contributed by atoms with van der Waals surface area (Å²) in [7, 11) is 0. The smallest absolute Gasteiger partial charge is 0.0610 e. The Balaban J connectivity index is 2.25. The summed E-state index contributed by atoms with van der Waals surface area (Å²) in [6, 6.07) is 0. The molecule has 0 aromatic carbocycles. The Morgan fingerprint density at radius 1 is 1.42 bits per heavy atom. The fourth-order valence-electron chi connectivity index (χ4n) is 2.99. The Hall–Kier alpha value is -0.300. The molecule has 2 aliphatic carbocycles. The minimum atomic E-state index is -0.0819. The topological polar surface area (TPSA) is 20.2 Å². The van der Waals surface area contributed by atoms with E-state index < -0.39 is 0 Å². The number of allylic oxidation sites excluding steroid dienone is 1. The molecule has 2 rings (SSSR count). The maximum absolute atomic E-state index is 9.81. The van der Waals surface area contributed by atoms with E-state index in [1.807, 2.05) is 0 Å². The molecule has 1 fully saturated rings. The van der Waals surface area contributed by atoms with Gasteiger partial charge in [-0.15, -0.1) is 0 Å². The van der Waals surface area contributed by atoms with Crippen molar-refractivity contribution < 1.29 is 5.11 Å². The lowest BCUT2D eigenvalue weighted by Crippen LogP contribution is -2.24. The van der Waals surface area contributed by atoms with Crippen molar-refractivity contribution in [2.75, 3.05) is 0 Å². The molecule has 0 aromatic heterocycles. The number of aliphatic hydroxyl groups excluding tert-OH is 1. The van der Waals surface area contributed by atoms with Gasteiger partial charge in [0, 0.05) is 5.92 Å². The van der Waals surface area contributed by atoms with Crippen molar-refractivity contribution in [2.45, 2.75) is 39.2 Å².